The lowest BCUT2D eigenvalue weighted by molar-refractivity contribution is -0.162. The van der Waals surface area contributed by atoms with Crippen molar-refractivity contribution in [2.75, 3.05) is 13.2 Å². The number of hydrogen-bond acceptors (Lipinski definition) is 5. The molecule has 0 saturated heterocycles. The standard InChI is InChI=1S/C28H54N2O4/c1-4-7-10-11-12-13-14-19-24-34-28(33)25(20-17-18-23-29)30(26(31)21-15-8-5-2)27(32)22-16-9-6-3/h25H,4-24,29H2,1-3H3/t25-/m0/s1. The third-order valence-electron chi connectivity index (χ3n) is 6.28. The molecular formula is C28H54N2O4. The van der Waals surface area contributed by atoms with Gasteiger partial charge in [-0.2, -0.15) is 0 Å². The highest BCUT2D eigenvalue weighted by Gasteiger charge is 2.34. The van der Waals surface area contributed by atoms with Crippen molar-refractivity contribution in [2.24, 2.45) is 5.73 Å². The Morgan fingerprint density at radius 2 is 1.12 bits per heavy atom. The lowest BCUT2D eigenvalue weighted by atomic mass is 10.0. The number of nitrogens with zero attached hydrogens (tertiary/aromatic N) is 1. The zero-order valence-corrected chi connectivity index (χ0v) is 22.6. The summed E-state index contributed by atoms with van der Waals surface area (Å²) in [6.07, 6.45) is 17.1. The van der Waals surface area contributed by atoms with Gasteiger partial charge in [-0.1, -0.05) is 91.4 Å². The molecule has 0 saturated carbocycles. The highest BCUT2D eigenvalue weighted by atomic mass is 16.5. The van der Waals surface area contributed by atoms with E-state index >= 15 is 0 Å². The molecule has 0 aliphatic heterocycles. The van der Waals surface area contributed by atoms with E-state index in [1.54, 1.807) is 0 Å². The maximum atomic E-state index is 13.1. The predicted molar refractivity (Wildman–Crippen MR) is 140 cm³/mol. The van der Waals surface area contributed by atoms with Crippen LogP contribution in [0.5, 0.6) is 0 Å². The lowest BCUT2D eigenvalue weighted by Gasteiger charge is -2.29. The summed E-state index contributed by atoms with van der Waals surface area (Å²) in [5, 5.41) is 0. The average molecular weight is 483 g/mol. The summed E-state index contributed by atoms with van der Waals surface area (Å²) in [6, 6.07) is -0.830. The Morgan fingerprint density at radius 3 is 1.62 bits per heavy atom. The Balaban J connectivity index is 5.00. The van der Waals surface area contributed by atoms with Gasteiger partial charge in [-0.15, -0.1) is 0 Å². The molecule has 2 N–H and O–H groups in total. The number of esters is 1. The van der Waals surface area contributed by atoms with Crippen LogP contribution in [0.15, 0.2) is 0 Å². The SMILES string of the molecule is CCCCCCCCCCOC(=O)[C@H](CCCCN)N(C(=O)CCCCC)C(=O)CCCCC. The maximum Gasteiger partial charge on any atom is 0.329 e. The monoisotopic (exact) mass is 482 g/mol. The third-order valence-corrected chi connectivity index (χ3v) is 6.28. The van der Waals surface area contributed by atoms with E-state index in [9.17, 15) is 14.4 Å². The number of amides is 2. The van der Waals surface area contributed by atoms with Gasteiger partial charge in [0.25, 0.3) is 0 Å². The number of hydrogen-bond donors (Lipinski definition) is 1. The Bertz CT molecular complexity index is 503. The van der Waals surface area contributed by atoms with E-state index in [0.717, 1.165) is 64.2 Å². The zero-order valence-electron chi connectivity index (χ0n) is 22.6. The summed E-state index contributed by atoms with van der Waals surface area (Å²) in [5.74, 6) is -0.916. The molecule has 0 aromatic carbocycles. The van der Waals surface area contributed by atoms with Crippen molar-refractivity contribution in [3.8, 4) is 0 Å². The van der Waals surface area contributed by atoms with Crippen molar-refractivity contribution >= 4 is 17.8 Å². The van der Waals surface area contributed by atoms with Gasteiger partial charge in [-0.05, 0) is 45.1 Å². The van der Waals surface area contributed by atoms with Crippen molar-refractivity contribution in [1.82, 2.24) is 4.90 Å². The quantitative estimate of drug-likeness (QED) is 0.129. The number of rotatable bonds is 23. The van der Waals surface area contributed by atoms with Gasteiger partial charge in [0.2, 0.25) is 11.8 Å². The molecule has 0 aromatic rings. The first kappa shape index (κ1) is 32.6. The Labute approximate surface area is 209 Å². The second-order valence-electron chi connectivity index (χ2n) is 9.51. The molecule has 0 aliphatic carbocycles. The summed E-state index contributed by atoms with van der Waals surface area (Å²) in [6.45, 7) is 7.25. The van der Waals surface area contributed by atoms with Gasteiger partial charge in [-0.25, -0.2) is 4.79 Å². The lowest BCUT2D eigenvalue weighted by Crippen LogP contribution is -2.49. The maximum absolute atomic E-state index is 13.1. The van der Waals surface area contributed by atoms with Crippen molar-refractivity contribution < 1.29 is 19.1 Å². The number of imide groups is 1. The molecule has 0 aromatic heterocycles. The van der Waals surface area contributed by atoms with Crippen LogP contribution in [0.3, 0.4) is 0 Å². The van der Waals surface area contributed by atoms with Crippen LogP contribution in [0, 0.1) is 0 Å². The van der Waals surface area contributed by atoms with Crippen molar-refractivity contribution in [1.29, 1.82) is 0 Å². The van der Waals surface area contributed by atoms with Crippen LogP contribution in [0.1, 0.15) is 143 Å². The van der Waals surface area contributed by atoms with E-state index in [1.807, 2.05) is 0 Å². The van der Waals surface area contributed by atoms with Gasteiger partial charge >= 0.3 is 5.97 Å². The minimum absolute atomic E-state index is 0.239. The molecule has 34 heavy (non-hydrogen) atoms. The van der Waals surface area contributed by atoms with Crippen LogP contribution in [-0.2, 0) is 19.1 Å². The Hall–Kier alpha value is -1.43. The largest absolute Gasteiger partial charge is 0.464 e. The van der Waals surface area contributed by atoms with Gasteiger partial charge in [0.05, 0.1) is 6.61 Å². The number of ether oxygens (including phenoxy) is 1. The van der Waals surface area contributed by atoms with E-state index in [4.69, 9.17) is 10.5 Å². The fourth-order valence-electron chi connectivity index (χ4n) is 4.12. The molecule has 6 nitrogen and oxygen atoms in total. The first-order valence-corrected chi connectivity index (χ1v) is 14.2. The molecule has 2 amide bonds. The molecule has 1 atom stereocenters. The highest BCUT2D eigenvalue weighted by molar-refractivity contribution is 5.99. The molecular weight excluding hydrogens is 428 g/mol. The Morgan fingerprint density at radius 1 is 0.647 bits per heavy atom. The van der Waals surface area contributed by atoms with Crippen LogP contribution in [-0.4, -0.2) is 41.9 Å². The van der Waals surface area contributed by atoms with Gasteiger partial charge in [0.15, 0.2) is 0 Å². The predicted octanol–water partition coefficient (Wildman–Crippen LogP) is 6.68. The zero-order chi connectivity index (χ0) is 25.4. The highest BCUT2D eigenvalue weighted by Crippen LogP contribution is 2.18. The van der Waals surface area contributed by atoms with Crippen LogP contribution >= 0.6 is 0 Å². The molecule has 0 rings (SSSR count). The molecule has 0 spiro atoms. The van der Waals surface area contributed by atoms with Crippen molar-refractivity contribution in [3.63, 3.8) is 0 Å². The fraction of sp³-hybridized carbons (Fsp3) is 0.893. The summed E-state index contributed by atoms with van der Waals surface area (Å²) in [7, 11) is 0. The van der Waals surface area contributed by atoms with Crippen molar-refractivity contribution in [2.45, 2.75) is 149 Å². The molecule has 0 aliphatic rings. The first-order valence-electron chi connectivity index (χ1n) is 14.2. The fourth-order valence-corrected chi connectivity index (χ4v) is 4.12. The van der Waals surface area contributed by atoms with E-state index in [1.165, 1.54) is 37.0 Å². The number of carbonyl (C=O) groups is 3. The first-order chi connectivity index (χ1) is 16.5. The van der Waals surface area contributed by atoms with E-state index < -0.39 is 12.0 Å². The molecule has 0 heterocycles. The minimum Gasteiger partial charge on any atom is -0.464 e. The van der Waals surface area contributed by atoms with Crippen LogP contribution < -0.4 is 5.73 Å². The summed E-state index contributed by atoms with van der Waals surface area (Å²) in [5.41, 5.74) is 5.65. The molecule has 200 valence electrons. The summed E-state index contributed by atoms with van der Waals surface area (Å²) < 4.78 is 5.60. The third kappa shape index (κ3) is 16.2. The average Bonchev–Trinajstić information content (AvgIpc) is 2.82. The van der Waals surface area contributed by atoms with E-state index in [2.05, 4.69) is 20.8 Å². The van der Waals surface area contributed by atoms with Crippen LogP contribution in [0.25, 0.3) is 0 Å². The summed E-state index contributed by atoms with van der Waals surface area (Å²) >= 11 is 0. The van der Waals surface area contributed by atoms with Crippen LogP contribution in [0.2, 0.25) is 0 Å². The van der Waals surface area contributed by atoms with E-state index in [-0.39, 0.29) is 11.8 Å². The molecule has 0 radical (unpaired) electrons. The van der Waals surface area contributed by atoms with Gasteiger partial charge < -0.3 is 10.5 Å². The number of unbranched alkanes of at least 4 members (excludes halogenated alkanes) is 12. The Kier molecular flexibility index (Phi) is 22.3. The second kappa shape index (κ2) is 23.3. The summed E-state index contributed by atoms with van der Waals surface area (Å²) in [4.78, 5) is 40.4. The minimum atomic E-state index is -0.830. The van der Waals surface area contributed by atoms with Gasteiger partial charge in [0, 0.05) is 12.8 Å². The number of nitrogens with two attached hydrogens (primary N) is 1. The molecule has 6 heteroatoms. The number of carbonyl (C=O) groups excluding carboxylic acids is 3. The van der Waals surface area contributed by atoms with Crippen LogP contribution in [0.4, 0.5) is 0 Å². The van der Waals surface area contributed by atoms with Gasteiger partial charge in [0.1, 0.15) is 6.04 Å². The van der Waals surface area contributed by atoms with E-state index in [0.29, 0.717) is 38.8 Å². The molecule has 0 fully saturated rings. The normalized spacial score (nSPS) is 11.9. The van der Waals surface area contributed by atoms with Gasteiger partial charge in [-0.3, -0.25) is 14.5 Å². The van der Waals surface area contributed by atoms with Crippen molar-refractivity contribution in [3.05, 3.63) is 0 Å². The molecule has 0 bridgehead atoms. The smallest absolute Gasteiger partial charge is 0.329 e. The topological polar surface area (TPSA) is 89.7 Å². The second-order valence-corrected chi connectivity index (χ2v) is 9.51. The molecule has 0 unspecified atom stereocenters.